The Hall–Kier alpha value is -1.25. The Morgan fingerprint density at radius 2 is 1.33 bits per heavy atom. The van der Waals surface area contributed by atoms with Crippen LogP contribution in [0.1, 0.15) is 25.7 Å². The van der Waals surface area contributed by atoms with Gasteiger partial charge in [0.25, 0.3) is 0 Å². The van der Waals surface area contributed by atoms with E-state index in [9.17, 15) is 0 Å². The van der Waals surface area contributed by atoms with Crippen molar-refractivity contribution in [1.29, 1.82) is 0 Å². The Balaban J connectivity index is 0. The van der Waals surface area contributed by atoms with Gasteiger partial charge >= 0.3 is 6.16 Å². The highest BCUT2D eigenvalue weighted by Crippen LogP contribution is 2.07. The third-order valence-corrected chi connectivity index (χ3v) is 1.16. The summed E-state index contributed by atoms with van der Waals surface area (Å²) < 4.78 is 0. The highest BCUT2D eigenvalue weighted by atomic mass is 16.6. The minimum absolute atomic E-state index is 1.32. The molecule has 2 N–H and O–H groups in total. The summed E-state index contributed by atoms with van der Waals surface area (Å²) in [6.45, 7) is 6.00. The summed E-state index contributed by atoms with van der Waals surface area (Å²) in [6, 6.07) is 0. The van der Waals surface area contributed by atoms with Crippen molar-refractivity contribution in [2.45, 2.75) is 25.7 Å². The highest BCUT2D eigenvalue weighted by Gasteiger charge is 1.87. The second kappa shape index (κ2) is 12.4. The molecule has 70 valence electrons. The van der Waals surface area contributed by atoms with E-state index in [1.165, 1.54) is 25.7 Å². The Morgan fingerprint density at radius 3 is 1.42 bits per heavy atom. The minimum atomic E-state index is -1.83. The molecule has 1 rings (SSSR count). The van der Waals surface area contributed by atoms with Gasteiger partial charge in [0.15, 0.2) is 0 Å². The average Bonchev–Trinajstić information content (AvgIpc) is 2.10. The minimum Gasteiger partial charge on any atom is -0.450 e. The third-order valence-electron chi connectivity index (χ3n) is 1.16. The molecule has 1 aliphatic carbocycles. The van der Waals surface area contributed by atoms with Crippen LogP contribution in [0, 0.1) is 0 Å². The Bertz CT molecular complexity index is 118. The van der Waals surface area contributed by atoms with Crippen molar-refractivity contribution in [2.24, 2.45) is 0 Å². The molecule has 0 amide bonds. The molecular weight excluding hydrogens is 156 g/mol. The average molecular weight is 172 g/mol. The van der Waals surface area contributed by atoms with Gasteiger partial charge in [0.05, 0.1) is 0 Å². The van der Waals surface area contributed by atoms with E-state index in [-0.39, 0.29) is 0 Å². The van der Waals surface area contributed by atoms with E-state index < -0.39 is 6.16 Å². The van der Waals surface area contributed by atoms with Gasteiger partial charge < -0.3 is 10.2 Å². The lowest BCUT2D eigenvalue weighted by atomic mass is 10.1. The predicted octanol–water partition coefficient (Wildman–Crippen LogP) is 3.14. The first-order chi connectivity index (χ1) is 5.73. The number of hydrogen-bond donors (Lipinski definition) is 2. The first kappa shape index (κ1) is 13.3. The molecule has 0 saturated carbocycles. The quantitative estimate of drug-likeness (QED) is 0.552. The van der Waals surface area contributed by atoms with Gasteiger partial charge in [-0.05, 0) is 25.7 Å². The number of rotatable bonds is 0. The lowest BCUT2D eigenvalue weighted by Crippen LogP contribution is -1.81. The molecule has 0 bridgehead atoms. The molecule has 0 aromatic carbocycles. The molecule has 0 aromatic heterocycles. The van der Waals surface area contributed by atoms with Gasteiger partial charge in [-0.15, -0.1) is 13.2 Å². The molecule has 3 nitrogen and oxygen atoms in total. The monoisotopic (exact) mass is 172 g/mol. The molecule has 12 heavy (non-hydrogen) atoms. The molecule has 0 saturated heterocycles. The van der Waals surface area contributed by atoms with Gasteiger partial charge in [-0.3, -0.25) is 0 Å². The Morgan fingerprint density at radius 1 is 1.08 bits per heavy atom. The largest absolute Gasteiger partial charge is 0.503 e. The van der Waals surface area contributed by atoms with Crippen molar-refractivity contribution in [1.82, 2.24) is 0 Å². The van der Waals surface area contributed by atoms with Crippen LogP contribution in [0.4, 0.5) is 4.79 Å². The van der Waals surface area contributed by atoms with Crippen LogP contribution in [0.25, 0.3) is 0 Å². The van der Waals surface area contributed by atoms with Crippen LogP contribution in [0.3, 0.4) is 0 Å². The van der Waals surface area contributed by atoms with E-state index in [1.54, 1.807) is 0 Å². The lowest BCUT2D eigenvalue weighted by molar-refractivity contribution is 0.137. The van der Waals surface area contributed by atoms with Gasteiger partial charge in [0.2, 0.25) is 0 Å². The van der Waals surface area contributed by atoms with Crippen LogP contribution in [-0.4, -0.2) is 16.4 Å². The molecule has 3 heteroatoms. The van der Waals surface area contributed by atoms with E-state index in [0.29, 0.717) is 0 Å². The van der Waals surface area contributed by atoms with E-state index >= 15 is 0 Å². The molecular formula is C9H16O3. The van der Waals surface area contributed by atoms with Gasteiger partial charge in [0.1, 0.15) is 0 Å². The molecule has 1 aliphatic rings. The van der Waals surface area contributed by atoms with Crippen molar-refractivity contribution in [2.75, 3.05) is 0 Å². The van der Waals surface area contributed by atoms with Crippen LogP contribution in [-0.2, 0) is 0 Å². The number of allylic oxidation sites excluding steroid dienone is 2. The van der Waals surface area contributed by atoms with Gasteiger partial charge in [-0.25, -0.2) is 4.79 Å². The maximum atomic E-state index is 8.56. The maximum absolute atomic E-state index is 8.56. The summed E-state index contributed by atoms with van der Waals surface area (Å²) in [5.41, 5.74) is 0. The van der Waals surface area contributed by atoms with Crippen LogP contribution in [0.15, 0.2) is 25.3 Å². The molecule has 0 fully saturated rings. The smallest absolute Gasteiger partial charge is 0.450 e. The van der Waals surface area contributed by atoms with Crippen molar-refractivity contribution >= 4 is 6.16 Å². The van der Waals surface area contributed by atoms with E-state index in [1.807, 2.05) is 0 Å². The van der Waals surface area contributed by atoms with Crippen LogP contribution >= 0.6 is 0 Å². The van der Waals surface area contributed by atoms with E-state index in [4.69, 9.17) is 15.0 Å². The standard InChI is InChI=1S/C6H10.C2H4.CH2O3/c1-2-4-6-5-3-1;1-2;2-1(3)4/h1-2H,3-6H2;1-2H2;(H2,2,3,4). The normalized spacial score (nSPS) is 13.0. The van der Waals surface area contributed by atoms with E-state index in [2.05, 4.69) is 25.3 Å². The maximum Gasteiger partial charge on any atom is 0.503 e. The van der Waals surface area contributed by atoms with Gasteiger partial charge in [-0.1, -0.05) is 12.2 Å². The summed E-state index contributed by atoms with van der Waals surface area (Å²) >= 11 is 0. The zero-order chi connectivity index (χ0) is 9.82. The summed E-state index contributed by atoms with van der Waals surface area (Å²) in [5.74, 6) is 0. The first-order valence-electron chi connectivity index (χ1n) is 3.80. The Kier molecular flexibility index (Phi) is 13.8. The SMILES string of the molecule is C1=CCCCC1.C=C.O=C(O)O. The van der Waals surface area contributed by atoms with Crippen molar-refractivity contribution < 1.29 is 15.0 Å². The summed E-state index contributed by atoms with van der Waals surface area (Å²) in [5, 5.41) is 13.9. The molecule has 0 aliphatic heterocycles. The van der Waals surface area contributed by atoms with Crippen molar-refractivity contribution in [3.63, 3.8) is 0 Å². The third kappa shape index (κ3) is 23.3. The first-order valence-corrected chi connectivity index (χ1v) is 3.80. The fourth-order valence-corrected chi connectivity index (χ4v) is 0.760. The van der Waals surface area contributed by atoms with Gasteiger partial charge in [-0.2, -0.15) is 0 Å². The fraction of sp³-hybridized carbons (Fsp3) is 0.444. The number of carbonyl (C=O) groups is 1. The highest BCUT2D eigenvalue weighted by molar-refractivity contribution is 5.53. The second-order valence-corrected chi connectivity index (χ2v) is 2.04. The molecule has 0 atom stereocenters. The zero-order valence-electron chi connectivity index (χ0n) is 7.20. The molecule has 0 aromatic rings. The van der Waals surface area contributed by atoms with Crippen LogP contribution < -0.4 is 0 Å². The molecule has 0 radical (unpaired) electrons. The predicted molar refractivity (Wildman–Crippen MR) is 49.5 cm³/mol. The van der Waals surface area contributed by atoms with Gasteiger partial charge in [0, 0.05) is 0 Å². The lowest BCUT2D eigenvalue weighted by Gasteiger charge is -1.97. The second-order valence-electron chi connectivity index (χ2n) is 2.04. The van der Waals surface area contributed by atoms with E-state index in [0.717, 1.165) is 0 Å². The van der Waals surface area contributed by atoms with Crippen LogP contribution in [0.2, 0.25) is 0 Å². The van der Waals surface area contributed by atoms with Crippen molar-refractivity contribution in [3.8, 4) is 0 Å². The summed E-state index contributed by atoms with van der Waals surface area (Å²) in [4.78, 5) is 8.56. The van der Waals surface area contributed by atoms with Crippen molar-refractivity contribution in [3.05, 3.63) is 25.3 Å². The summed E-state index contributed by atoms with van der Waals surface area (Å²) in [6.07, 6.45) is 8.17. The zero-order valence-corrected chi connectivity index (χ0v) is 7.20. The number of hydrogen-bond acceptors (Lipinski definition) is 1. The summed E-state index contributed by atoms with van der Waals surface area (Å²) in [7, 11) is 0. The fourth-order valence-electron chi connectivity index (χ4n) is 0.760. The topological polar surface area (TPSA) is 57.5 Å². The Labute approximate surface area is 73.0 Å². The number of carboxylic acid groups (broad SMARTS) is 2. The molecule has 0 spiro atoms. The molecule has 0 heterocycles. The molecule has 0 unspecified atom stereocenters. The van der Waals surface area contributed by atoms with Crippen LogP contribution in [0.5, 0.6) is 0 Å².